The Hall–Kier alpha value is -1.30. The lowest BCUT2D eigenvalue weighted by Crippen LogP contribution is -2.22. The Kier molecular flexibility index (Phi) is 3.75. The number of nitrogens with one attached hydrogen (secondary N) is 1. The molecule has 100 valence electrons. The number of nitrogens with zero attached hydrogens (tertiary/aromatic N) is 1. The lowest BCUT2D eigenvalue weighted by Gasteiger charge is -2.15. The molecule has 0 radical (unpaired) electrons. The van der Waals surface area contributed by atoms with Crippen LogP contribution in [-0.2, 0) is 6.18 Å². The first-order chi connectivity index (χ1) is 8.47. The van der Waals surface area contributed by atoms with Gasteiger partial charge in [0.2, 0.25) is 0 Å². The minimum Gasteiger partial charge on any atom is -0.393 e. The van der Waals surface area contributed by atoms with Crippen molar-refractivity contribution < 1.29 is 18.3 Å². The maximum Gasteiger partial charge on any atom is 0.417 e. The second-order valence-corrected chi connectivity index (χ2v) is 4.57. The summed E-state index contributed by atoms with van der Waals surface area (Å²) < 4.78 is 36.9. The normalized spacial score (nSPS) is 24.2. The van der Waals surface area contributed by atoms with E-state index in [1.807, 2.05) is 0 Å². The van der Waals surface area contributed by atoms with Crippen molar-refractivity contribution in [1.82, 2.24) is 4.98 Å². The maximum atomic E-state index is 12.3. The molecule has 1 heterocycles. The van der Waals surface area contributed by atoms with Crippen LogP contribution in [0.5, 0.6) is 0 Å². The number of anilines is 1. The van der Waals surface area contributed by atoms with E-state index >= 15 is 0 Å². The van der Waals surface area contributed by atoms with Crippen molar-refractivity contribution in [3.05, 3.63) is 23.9 Å². The number of alkyl halides is 3. The fourth-order valence-electron chi connectivity index (χ4n) is 2.16. The van der Waals surface area contributed by atoms with E-state index in [1.54, 1.807) is 0 Å². The molecule has 18 heavy (non-hydrogen) atoms. The van der Waals surface area contributed by atoms with Crippen LogP contribution in [0.2, 0.25) is 0 Å². The first kappa shape index (κ1) is 13.1. The van der Waals surface area contributed by atoms with Crippen LogP contribution in [0.1, 0.15) is 24.8 Å². The Balaban J connectivity index is 1.90. The summed E-state index contributed by atoms with van der Waals surface area (Å²) in [6.45, 7) is 0.541. The molecule has 1 fully saturated rings. The summed E-state index contributed by atoms with van der Waals surface area (Å²) >= 11 is 0. The van der Waals surface area contributed by atoms with Crippen molar-refractivity contribution >= 4 is 5.82 Å². The number of halogens is 3. The first-order valence-corrected chi connectivity index (χ1v) is 5.92. The fourth-order valence-corrected chi connectivity index (χ4v) is 2.16. The van der Waals surface area contributed by atoms with Crippen molar-refractivity contribution in [1.29, 1.82) is 0 Å². The quantitative estimate of drug-likeness (QED) is 0.878. The Morgan fingerprint density at radius 2 is 2.11 bits per heavy atom. The van der Waals surface area contributed by atoms with Gasteiger partial charge in [0.25, 0.3) is 0 Å². The summed E-state index contributed by atoms with van der Waals surface area (Å²) in [6, 6.07) is 2.31. The smallest absolute Gasteiger partial charge is 0.393 e. The number of rotatable bonds is 3. The highest BCUT2D eigenvalue weighted by Gasteiger charge is 2.30. The molecule has 0 aromatic carbocycles. The Bertz CT molecular complexity index is 391. The highest BCUT2D eigenvalue weighted by atomic mass is 19.4. The zero-order chi connectivity index (χ0) is 13.2. The average molecular weight is 260 g/mol. The zero-order valence-electron chi connectivity index (χ0n) is 9.74. The summed E-state index contributed by atoms with van der Waals surface area (Å²) in [7, 11) is 0. The summed E-state index contributed by atoms with van der Waals surface area (Å²) in [5, 5.41) is 12.6. The molecule has 6 heteroatoms. The first-order valence-electron chi connectivity index (χ1n) is 5.92. The number of aliphatic hydroxyl groups excluding tert-OH is 1. The van der Waals surface area contributed by atoms with Gasteiger partial charge >= 0.3 is 6.18 Å². The Labute approximate surface area is 103 Å². The molecular weight excluding hydrogens is 245 g/mol. The van der Waals surface area contributed by atoms with Gasteiger partial charge in [-0.15, -0.1) is 0 Å². The second kappa shape index (κ2) is 5.14. The van der Waals surface area contributed by atoms with Gasteiger partial charge in [-0.1, -0.05) is 6.42 Å². The monoisotopic (exact) mass is 260 g/mol. The molecule has 0 bridgehead atoms. The van der Waals surface area contributed by atoms with Gasteiger partial charge in [0.15, 0.2) is 0 Å². The van der Waals surface area contributed by atoms with E-state index in [4.69, 9.17) is 0 Å². The van der Waals surface area contributed by atoms with Crippen LogP contribution in [-0.4, -0.2) is 22.7 Å². The van der Waals surface area contributed by atoms with Crippen molar-refractivity contribution in [3.8, 4) is 0 Å². The average Bonchev–Trinajstić information content (AvgIpc) is 2.72. The zero-order valence-corrected chi connectivity index (χ0v) is 9.74. The predicted octanol–water partition coefficient (Wildman–Crippen LogP) is 2.67. The number of aromatic nitrogens is 1. The van der Waals surface area contributed by atoms with Crippen LogP contribution in [0.15, 0.2) is 18.3 Å². The predicted molar refractivity (Wildman–Crippen MR) is 61.1 cm³/mol. The molecule has 1 aliphatic carbocycles. The van der Waals surface area contributed by atoms with Crippen molar-refractivity contribution in [2.75, 3.05) is 11.9 Å². The molecule has 2 rings (SSSR count). The van der Waals surface area contributed by atoms with Gasteiger partial charge in [-0.05, 0) is 25.0 Å². The Morgan fingerprint density at radius 1 is 1.33 bits per heavy atom. The van der Waals surface area contributed by atoms with Gasteiger partial charge in [0.05, 0.1) is 11.7 Å². The molecule has 1 aromatic heterocycles. The van der Waals surface area contributed by atoms with Crippen molar-refractivity contribution in [2.45, 2.75) is 31.5 Å². The van der Waals surface area contributed by atoms with Gasteiger partial charge in [-0.3, -0.25) is 0 Å². The van der Waals surface area contributed by atoms with Crippen molar-refractivity contribution in [2.24, 2.45) is 5.92 Å². The van der Waals surface area contributed by atoms with Gasteiger partial charge in [0, 0.05) is 18.7 Å². The number of aliphatic hydroxyl groups is 1. The van der Waals surface area contributed by atoms with Crippen LogP contribution in [0.4, 0.5) is 19.0 Å². The van der Waals surface area contributed by atoms with E-state index in [2.05, 4.69) is 10.3 Å². The molecule has 0 amide bonds. The van der Waals surface area contributed by atoms with Crippen LogP contribution >= 0.6 is 0 Å². The molecule has 0 aliphatic heterocycles. The topological polar surface area (TPSA) is 45.1 Å². The molecule has 0 saturated heterocycles. The molecular formula is C12H15F3N2O. The van der Waals surface area contributed by atoms with Gasteiger partial charge in [-0.25, -0.2) is 4.98 Å². The molecule has 1 aromatic rings. The third kappa shape index (κ3) is 3.13. The highest BCUT2D eigenvalue weighted by Crippen LogP contribution is 2.29. The molecule has 0 spiro atoms. The van der Waals surface area contributed by atoms with Gasteiger partial charge in [0.1, 0.15) is 5.82 Å². The van der Waals surface area contributed by atoms with Crippen LogP contribution in [0, 0.1) is 5.92 Å². The van der Waals surface area contributed by atoms with E-state index in [9.17, 15) is 18.3 Å². The number of hydrogen-bond acceptors (Lipinski definition) is 3. The van der Waals surface area contributed by atoms with Gasteiger partial charge in [-0.2, -0.15) is 13.2 Å². The van der Waals surface area contributed by atoms with E-state index in [0.29, 0.717) is 12.4 Å². The van der Waals surface area contributed by atoms with Crippen molar-refractivity contribution in [3.63, 3.8) is 0 Å². The van der Waals surface area contributed by atoms with E-state index in [1.165, 1.54) is 6.07 Å². The molecule has 3 nitrogen and oxygen atoms in total. The summed E-state index contributed by atoms with van der Waals surface area (Å²) in [5.74, 6) is 0.566. The molecule has 2 unspecified atom stereocenters. The third-order valence-electron chi connectivity index (χ3n) is 3.26. The minimum atomic E-state index is -4.35. The molecule has 2 atom stereocenters. The third-order valence-corrected chi connectivity index (χ3v) is 3.26. The maximum absolute atomic E-state index is 12.3. The second-order valence-electron chi connectivity index (χ2n) is 4.57. The molecule has 1 aliphatic rings. The molecule has 1 saturated carbocycles. The number of pyridine rings is 1. The standard InChI is InChI=1S/C12H15F3N2O/c13-12(14,15)9-4-5-11(17-7-9)16-6-8-2-1-3-10(8)18/h4-5,7-8,10,18H,1-3,6H2,(H,16,17). The van der Waals surface area contributed by atoms with Crippen LogP contribution < -0.4 is 5.32 Å². The number of hydrogen-bond donors (Lipinski definition) is 2. The van der Waals surface area contributed by atoms with Crippen LogP contribution in [0.3, 0.4) is 0 Å². The van der Waals surface area contributed by atoms with E-state index in [-0.39, 0.29) is 12.0 Å². The van der Waals surface area contributed by atoms with Gasteiger partial charge < -0.3 is 10.4 Å². The minimum absolute atomic E-state index is 0.161. The summed E-state index contributed by atoms with van der Waals surface area (Å²) in [5.41, 5.74) is -0.756. The summed E-state index contributed by atoms with van der Waals surface area (Å²) in [4.78, 5) is 3.72. The highest BCUT2D eigenvalue weighted by molar-refractivity contribution is 5.36. The fraction of sp³-hybridized carbons (Fsp3) is 0.583. The Morgan fingerprint density at radius 3 is 2.61 bits per heavy atom. The SMILES string of the molecule is OC1CCCC1CNc1ccc(C(F)(F)F)cn1. The van der Waals surface area contributed by atoms with E-state index < -0.39 is 11.7 Å². The molecule has 2 N–H and O–H groups in total. The largest absolute Gasteiger partial charge is 0.417 e. The summed E-state index contributed by atoms with van der Waals surface area (Å²) in [6.07, 6.45) is -1.12. The van der Waals surface area contributed by atoms with E-state index in [0.717, 1.165) is 31.5 Å². The van der Waals surface area contributed by atoms with Crippen LogP contribution in [0.25, 0.3) is 0 Å². The lowest BCUT2D eigenvalue weighted by atomic mass is 10.1. The lowest BCUT2D eigenvalue weighted by molar-refractivity contribution is -0.137.